The van der Waals surface area contributed by atoms with Crippen LogP contribution in [0.3, 0.4) is 0 Å². The van der Waals surface area contributed by atoms with E-state index in [4.69, 9.17) is 9.72 Å². The topological polar surface area (TPSA) is 95.1 Å². The van der Waals surface area contributed by atoms with Gasteiger partial charge in [0.2, 0.25) is 0 Å². The number of rotatable bonds is 8. The minimum atomic E-state index is -1.27. The lowest BCUT2D eigenvalue weighted by Crippen LogP contribution is -2.68. The van der Waals surface area contributed by atoms with Crippen LogP contribution in [0.1, 0.15) is 49.9 Å². The Kier molecular flexibility index (Phi) is 8.33. The van der Waals surface area contributed by atoms with Gasteiger partial charge in [0.05, 0.1) is 11.8 Å². The van der Waals surface area contributed by atoms with E-state index in [0.717, 1.165) is 80.1 Å². The number of fused-ring (bicyclic) bond motifs is 1. The number of aldehydes is 1. The zero-order valence-corrected chi connectivity index (χ0v) is 25.6. The predicted molar refractivity (Wildman–Crippen MR) is 164 cm³/mol. The number of carbonyl (C=O) groups is 3. The van der Waals surface area contributed by atoms with Gasteiger partial charge in [0.15, 0.2) is 22.9 Å². The van der Waals surface area contributed by atoms with E-state index >= 15 is 0 Å². The minimum absolute atomic E-state index is 0.0165. The lowest BCUT2D eigenvalue weighted by Gasteiger charge is -2.44. The van der Waals surface area contributed by atoms with Crippen molar-refractivity contribution in [2.75, 3.05) is 51.3 Å². The number of amides is 1. The molecule has 10 heteroatoms. The summed E-state index contributed by atoms with van der Waals surface area (Å²) in [5.74, 6) is -0.421. The molecule has 3 saturated heterocycles. The van der Waals surface area contributed by atoms with Gasteiger partial charge in [-0.25, -0.2) is 4.98 Å². The molecule has 4 atom stereocenters. The fraction of sp³-hybridized carbons (Fsp3) is 0.562. The summed E-state index contributed by atoms with van der Waals surface area (Å²) in [5.41, 5.74) is 2.18. The summed E-state index contributed by atoms with van der Waals surface area (Å²) in [4.78, 5) is 51.5. The van der Waals surface area contributed by atoms with Gasteiger partial charge in [0.1, 0.15) is 12.6 Å². The lowest BCUT2D eigenvalue weighted by atomic mass is 9.88. The number of carbonyl (C=O) groups excluding carboxylic acids is 3. The Morgan fingerprint density at radius 3 is 2.50 bits per heavy atom. The number of allylic oxidation sites excluding steroid dienone is 1. The second-order valence-electron chi connectivity index (χ2n) is 12.5. The number of nitrogens with one attached hydrogen (secondary N) is 1. The SMILES string of the molecule is CC(C)=CC1CN(C(C=O)(NC(=O)c2ccc(-c3csc(N4CCN(C)CC4)n3)cc2)C2CCCC2)C2C(=O)COC12. The highest BCUT2D eigenvalue weighted by Gasteiger charge is 2.59. The lowest BCUT2D eigenvalue weighted by molar-refractivity contribution is -0.131. The van der Waals surface area contributed by atoms with Crippen LogP contribution in [0.15, 0.2) is 41.3 Å². The monoisotopic (exact) mass is 591 g/mol. The summed E-state index contributed by atoms with van der Waals surface area (Å²) in [6, 6.07) is 6.89. The third-order valence-corrected chi connectivity index (χ3v) is 10.3. The molecule has 1 aliphatic carbocycles. The summed E-state index contributed by atoms with van der Waals surface area (Å²) in [5, 5.41) is 6.25. The van der Waals surface area contributed by atoms with Crippen molar-refractivity contribution in [2.45, 2.75) is 57.3 Å². The number of Topliss-reactive ketones (excluding diaryl/α,β-unsaturated/α-hetero) is 1. The van der Waals surface area contributed by atoms with Gasteiger partial charge < -0.3 is 19.9 Å². The van der Waals surface area contributed by atoms with E-state index in [1.54, 1.807) is 23.5 Å². The number of likely N-dealkylation sites (tertiary alicyclic amines) is 1. The molecular weight excluding hydrogens is 550 g/mol. The van der Waals surface area contributed by atoms with Gasteiger partial charge >= 0.3 is 0 Å². The standard InChI is InChI=1S/C32H41N5O4S/c1-21(2)16-24-17-37(28-27(39)18-41-29(24)28)32(20-38,25-6-4-5-7-25)34-30(40)23-10-8-22(9-11-23)26-19-42-31(33-26)36-14-12-35(3)13-15-36/h8-11,16,19-20,24-25,28-29H,4-7,12-15,17-18H2,1-3H3,(H,34,40). The number of anilines is 1. The summed E-state index contributed by atoms with van der Waals surface area (Å²) in [6.07, 6.45) is 6.36. The highest BCUT2D eigenvalue weighted by atomic mass is 32.1. The molecule has 0 spiro atoms. The van der Waals surface area contributed by atoms with Gasteiger partial charge in [-0.05, 0) is 45.9 Å². The van der Waals surface area contributed by atoms with Crippen LogP contribution >= 0.6 is 11.3 Å². The van der Waals surface area contributed by atoms with Crippen molar-refractivity contribution in [2.24, 2.45) is 11.8 Å². The first-order valence-corrected chi connectivity index (χ1v) is 16.0. The van der Waals surface area contributed by atoms with Crippen molar-refractivity contribution in [1.29, 1.82) is 0 Å². The third kappa shape index (κ3) is 5.45. The quantitative estimate of drug-likeness (QED) is 0.368. The fourth-order valence-electron chi connectivity index (χ4n) is 7.20. The van der Waals surface area contributed by atoms with Crippen molar-refractivity contribution in [3.63, 3.8) is 0 Å². The maximum Gasteiger partial charge on any atom is 0.253 e. The normalized spacial score (nSPS) is 26.7. The van der Waals surface area contributed by atoms with E-state index in [1.807, 2.05) is 30.9 Å². The number of piperazine rings is 1. The molecule has 1 N–H and O–H groups in total. The van der Waals surface area contributed by atoms with Crippen LogP contribution in [0.2, 0.25) is 0 Å². The van der Waals surface area contributed by atoms with Crippen molar-refractivity contribution >= 4 is 34.4 Å². The van der Waals surface area contributed by atoms with E-state index in [1.165, 1.54) is 0 Å². The summed E-state index contributed by atoms with van der Waals surface area (Å²) >= 11 is 1.64. The third-order valence-electron chi connectivity index (χ3n) is 9.43. The first-order valence-electron chi connectivity index (χ1n) is 15.1. The maximum absolute atomic E-state index is 13.8. The molecule has 2 aromatic rings. The van der Waals surface area contributed by atoms with Gasteiger partial charge in [0.25, 0.3) is 5.91 Å². The Morgan fingerprint density at radius 2 is 1.83 bits per heavy atom. The smallest absolute Gasteiger partial charge is 0.253 e. The number of hydrogen-bond acceptors (Lipinski definition) is 9. The second kappa shape index (κ2) is 12.0. The molecule has 9 nitrogen and oxygen atoms in total. The number of ether oxygens (including phenoxy) is 1. The van der Waals surface area contributed by atoms with Crippen LogP contribution < -0.4 is 10.2 Å². The van der Waals surface area contributed by atoms with Gasteiger partial charge in [0, 0.05) is 61.1 Å². The molecule has 0 bridgehead atoms. The number of nitrogens with zero attached hydrogens (tertiary/aromatic N) is 4. The van der Waals surface area contributed by atoms with Crippen molar-refractivity contribution < 1.29 is 19.1 Å². The minimum Gasteiger partial charge on any atom is -0.368 e. The molecule has 4 unspecified atom stereocenters. The Balaban J connectivity index is 1.23. The number of thiazole rings is 1. The van der Waals surface area contributed by atoms with Gasteiger partial charge in [-0.1, -0.05) is 36.6 Å². The Bertz CT molecular complexity index is 1340. The number of hydrogen-bond donors (Lipinski definition) is 1. The van der Waals surface area contributed by atoms with E-state index < -0.39 is 11.7 Å². The number of likely N-dealkylation sites (N-methyl/N-ethyl adjacent to an activating group) is 1. The number of aromatic nitrogens is 1. The van der Waals surface area contributed by atoms with Crippen LogP contribution in [-0.2, 0) is 14.3 Å². The zero-order chi connectivity index (χ0) is 29.4. The van der Waals surface area contributed by atoms with Crippen molar-refractivity contribution in [3.8, 4) is 11.3 Å². The second-order valence-corrected chi connectivity index (χ2v) is 13.3. The number of benzene rings is 1. The largest absolute Gasteiger partial charge is 0.368 e. The molecule has 1 aromatic heterocycles. The van der Waals surface area contributed by atoms with Gasteiger partial charge in [-0.3, -0.25) is 19.3 Å². The highest BCUT2D eigenvalue weighted by Crippen LogP contribution is 2.43. The Morgan fingerprint density at radius 1 is 1.12 bits per heavy atom. The zero-order valence-electron chi connectivity index (χ0n) is 24.8. The average Bonchev–Trinajstić information content (AvgIpc) is 3.80. The van der Waals surface area contributed by atoms with Crippen LogP contribution in [-0.4, -0.2) is 96.9 Å². The summed E-state index contributed by atoms with van der Waals surface area (Å²) < 4.78 is 5.95. The summed E-state index contributed by atoms with van der Waals surface area (Å²) in [7, 11) is 2.14. The molecular formula is C32H41N5O4S. The van der Waals surface area contributed by atoms with E-state index in [2.05, 4.69) is 33.6 Å². The molecule has 1 aromatic carbocycles. The van der Waals surface area contributed by atoms with Gasteiger partial charge in [-0.15, -0.1) is 11.3 Å². The van der Waals surface area contributed by atoms with Crippen LogP contribution in [0, 0.1) is 11.8 Å². The molecule has 1 saturated carbocycles. The summed E-state index contributed by atoms with van der Waals surface area (Å²) in [6.45, 7) is 8.57. The van der Waals surface area contributed by atoms with Crippen LogP contribution in [0.25, 0.3) is 11.3 Å². The molecule has 42 heavy (non-hydrogen) atoms. The first kappa shape index (κ1) is 29.2. The molecule has 1 amide bonds. The Hall–Kier alpha value is -2.92. The highest BCUT2D eigenvalue weighted by molar-refractivity contribution is 7.14. The average molecular weight is 592 g/mol. The molecule has 0 radical (unpaired) electrons. The molecule has 3 aliphatic heterocycles. The molecule has 4 heterocycles. The molecule has 4 fully saturated rings. The number of ketones is 1. The van der Waals surface area contributed by atoms with Crippen LogP contribution in [0.5, 0.6) is 0 Å². The maximum atomic E-state index is 13.8. The van der Waals surface area contributed by atoms with Crippen LogP contribution in [0.4, 0.5) is 5.13 Å². The molecule has 6 rings (SSSR count). The van der Waals surface area contributed by atoms with Crippen molar-refractivity contribution in [3.05, 3.63) is 46.9 Å². The van der Waals surface area contributed by atoms with Gasteiger partial charge in [-0.2, -0.15) is 0 Å². The fourth-order valence-corrected chi connectivity index (χ4v) is 8.09. The molecule has 4 aliphatic rings. The van der Waals surface area contributed by atoms with E-state index in [-0.39, 0.29) is 36.2 Å². The van der Waals surface area contributed by atoms with E-state index in [0.29, 0.717) is 12.1 Å². The Labute approximate surface area is 251 Å². The van der Waals surface area contributed by atoms with E-state index in [9.17, 15) is 14.4 Å². The first-order chi connectivity index (χ1) is 20.3. The molecule has 224 valence electrons. The van der Waals surface area contributed by atoms with Crippen molar-refractivity contribution in [1.82, 2.24) is 20.1 Å². The predicted octanol–water partition coefficient (Wildman–Crippen LogP) is 3.61.